The summed E-state index contributed by atoms with van der Waals surface area (Å²) in [6.45, 7) is 6.63. The van der Waals surface area contributed by atoms with Gasteiger partial charge in [-0.3, -0.25) is 14.2 Å². The molecule has 0 saturated carbocycles. The van der Waals surface area contributed by atoms with Crippen LogP contribution in [0.25, 0.3) is 10.9 Å². The number of hydrogen-bond acceptors (Lipinski definition) is 4. The monoisotopic (exact) mass is 439 g/mol. The van der Waals surface area contributed by atoms with Crippen LogP contribution in [0, 0.1) is 0 Å². The summed E-state index contributed by atoms with van der Waals surface area (Å²) >= 11 is 7.39. The molecule has 1 aliphatic rings. The molecule has 0 spiro atoms. The highest BCUT2D eigenvalue weighted by Gasteiger charge is 2.28. The Kier molecular flexibility index (Phi) is 5.97. The lowest BCUT2D eigenvalue weighted by atomic mass is 10.0. The van der Waals surface area contributed by atoms with Crippen LogP contribution < -0.4 is 10.5 Å². The number of hydrogen-bond donors (Lipinski definition) is 0. The Morgan fingerprint density at radius 1 is 1.33 bits per heavy atom. The topological polar surface area (TPSA) is 55.2 Å². The molecule has 1 amide bonds. The molecule has 30 heavy (non-hydrogen) atoms. The molecular weight excluding hydrogens is 418 g/mol. The van der Waals surface area contributed by atoms with Crippen LogP contribution in [0.5, 0.6) is 0 Å². The minimum Gasteiger partial charge on any atom is -0.311 e. The molecule has 7 heteroatoms. The Morgan fingerprint density at radius 3 is 2.93 bits per heavy atom. The summed E-state index contributed by atoms with van der Waals surface area (Å²) in [7, 11) is 0. The normalized spacial score (nSPS) is 14.4. The van der Waals surface area contributed by atoms with Gasteiger partial charge in [0.25, 0.3) is 5.56 Å². The second-order valence-electron chi connectivity index (χ2n) is 7.24. The molecule has 0 radical (unpaired) electrons. The summed E-state index contributed by atoms with van der Waals surface area (Å²) in [5, 5.41) is 1.09. The highest BCUT2D eigenvalue weighted by molar-refractivity contribution is 8.00. The third kappa shape index (κ3) is 3.89. The number of carbonyl (C=O) groups excluding carboxylic acids is 1. The number of anilines is 1. The van der Waals surface area contributed by atoms with E-state index in [0.717, 1.165) is 18.5 Å². The number of halogens is 1. The van der Waals surface area contributed by atoms with Gasteiger partial charge in [0, 0.05) is 23.8 Å². The quantitative estimate of drug-likeness (QED) is 0.328. The summed E-state index contributed by atoms with van der Waals surface area (Å²) in [6, 6.07) is 13.1. The van der Waals surface area contributed by atoms with Gasteiger partial charge in [-0.15, -0.1) is 6.58 Å². The molecular formula is C23H22ClN3O2S. The Hall–Kier alpha value is -2.57. The highest BCUT2D eigenvalue weighted by Crippen LogP contribution is 2.31. The summed E-state index contributed by atoms with van der Waals surface area (Å²) < 4.78 is 1.56. The van der Waals surface area contributed by atoms with Crippen molar-refractivity contribution in [2.75, 3.05) is 11.4 Å². The summed E-state index contributed by atoms with van der Waals surface area (Å²) in [5.41, 5.74) is 2.53. The minimum atomic E-state index is -0.407. The standard InChI is InChI=1S/C23H22ClN3O2S/c1-3-12-27-22(29)18-11-10-17(24)14-19(18)25-23(27)30-15(2)21(28)26-13-6-8-16-7-4-5-9-20(16)26/h3-5,7,9-11,14-15H,1,6,8,12-13H2,2H3. The van der Waals surface area contributed by atoms with Crippen LogP contribution in [0.2, 0.25) is 5.02 Å². The van der Waals surface area contributed by atoms with E-state index in [0.29, 0.717) is 34.2 Å². The number of rotatable bonds is 5. The van der Waals surface area contributed by atoms with Gasteiger partial charge in [0.1, 0.15) is 0 Å². The van der Waals surface area contributed by atoms with Crippen LogP contribution in [-0.4, -0.2) is 27.3 Å². The van der Waals surface area contributed by atoms with Crippen molar-refractivity contribution >= 4 is 45.9 Å². The van der Waals surface area contributed by atoms with Crippen molar-refractivity contribution in [3.63, 3.8) is 0 Å². The molecule has 2 heterocycles. The number of aromatic nitrogens is 2. The van der Waals surface area contributed by atoms with Gasteiger partial charge in [0.05, 0.1) is 16.2 Å². The van der Waals surface area contributed by atoms with E-state index in [1.54, 1.807) is 28.8 Å². The molecule has 1 aromatic heterocycles. The maximum Gasteiger partial charge on any atom is 0.262 e. The third-order valence-corrected chi connectivity index (χ3v) is 6.51. The average Bonchev–Trinajstić information content (AvgIpc) is 2.75. The summed E-state index contributed by atoms with van der Waals surface area (Å²) in [4.78, 5) is 32.8. The van der Waals surface area contributed by atoms with Gasteiger partial charge < -0.3 is 4.90 Å². The lowest BCUT2D eigenvalue weighted by Gasteiger charge is -2.31. The molecule has 0 N–H and O–H groups in total. The van der Waals surface area contributed by atoms with E-state index in [2.05, 4.69) is 17.6 Å². The lowest BCUT2D eigenvalue weighted by molar-refractivity contribution is -0.117. The first kappa shape index (κ1) is 20.7. The van der Waals surface area contributed by atoms with E-state index >= 15 is 0 Å². The summed E-state index contributed by atoms with van der Waals surface area (Å²) in [5.74, 6) is 0.0118. The Labute approximate surface area is 184 Å². The number of para-hydroxylation sites is 1. The predicted octanol–water partition coefficient (Wildman–Crippen LogP) is 4.70. The molecule has 0 fully saturated rings. The van der Waals surface area contributed by atoms with Gasteiger partial charge in [-0.1, -0.05) is 47.6 Å². The van der Waals surface area contributed by atoms with Crippen molar-refractivity contribution in [3.8, 4) is 0 Å². The van der Waals surface area contributed by atoms with Crippen LogP contribution >= 0.6 is 23.4 Å². The first-order valence-electron chi connectivity index (χ1n) is 9.86. The van der Waals surface area contributed by atoms with Crippen LogP contribution in [0.3, 0.4) is 0 Å². The maximum atomic E-state index is 13.3. The average molecular weight is 440 g/mol. The number of aryl methyl sites for hydroxylation is 1. The number of carbonyl (C=O) groups is 1. The number of benzene rings is 2. The first-order valence-corrected chi connectivity index (χ1v) is 11.1. The number of thioether (sulfide) groups is 1. The van der Waals surface area contributed by atoms with Gasteiger partial charge in [-0.2, -0.15) is 0 Å². The number of amides is 1. The van der Waals surface area contributed by atoms with E-state index < -0.39 is 5.25 Å². The Balaban J connectivity index is 1.68. The van der Waals surface area contributed by atoms with E-state index in [4.69, 9.17) is 11.6 Å². The van der Waals surface area contributed by atoms with Gasteiger partial charge in [-0.25, -0.2) is 4.98 Å². The van der Waals surface area contributed by atoms with Crippen LogP contribution in [-0.2, 0) is 17.8 Å². The van der Waals surface area contributed by atoms with Crippen molar-refractivity contribution < 1.29 is 4.79 Å². The first-order chi connectivity index (χ1) is 14.5. The van der Waals surface area contributed by atoms with Crippen LogP contribution in [0.4, 0.5) is 5.69 Å². The highest BCUT2D eigenvalue weighted by atomic mass is 35.5. The van der Waals surface area contributed by atoms with Crippen molar-refractivity contribution in [1.29, 1.82) is 0 Å². The SMILES string of the molecule is C=CCn1c(SC(C)C(=O)N2CCCc3ccccc32)nc2cc(Cl)ccc2c1=O. The second kappa shape index (κ2) is 8.66. The van der Waals surface area contributed by atoms with E-state index in [1.165, 1.54) is 17.3 Å². The van der Waals surface area contributed by atoms with Gasteiger partial charge >= 0.3 is 0 Å². The fourth-order valence-corrected chi connectivity index (χ4v) is 4.89. The smallest absolute Gasteiger partial charge is 0.262 e. The fraction of sp³-hybridized carbons (Fsp3) is 0.261. The minimum absolute atomic E-state index is 0.0118. The van der Waals surface area contributed by atoms with E-state index in [9.17, 15) is 9.59 Å². The van der Waals surface area contributed by atoms with Crippen molar-refractivity contribution in [1.82, 2.24) is 9.55 Å². The predicted molar refractivity (Wildman–Crippen MR) is 124 cm³/mol. The Bertz CT molecular complexity index is 1190. The van der Waals surface area contributed by atoms with Crippen LogP contribution in [0.1, 0.15) is 18.9 Å². The largest absolute Gasteiger partial charge is 0.311 e. The molecule has 0 aliphatic carbocycles. The molecule has 1 unspecified atom stereocenters. The van der Waals surface area contributed by atoms with Crippen molar-refractivity contribution in [2.24, 2.45) is 0 Å². The molecule has 3 aromatic rings. The van der Waals surface area contributed by atoms with Gasteiger partial charge in [0.2, 0.25) is 5.91 Å². The lowest BCUT2D eigenvalue weighted by Crippen LogP contribution is -2.40. The zero-order chi connectivity index (χ0) is 21.3. The molecule has 1 aliphatic heterocycles. The zero-order valence-corrected chi connectivity index (χ0v) is 18.2. The third-order valence-electron chi connectivity index (χ3n) is 5.20. The second-order valence-corrected chi connectivity index (χ2v) is 8.99. The van der Waals surface area contributed by atoms with Gasteiger partial charge in [-0.05, 0) is 49.6 Å². The number of fused-ring (bicyclic) bond motifs is 2. The maximum absolute atomic E-state index is 13.3. The van der Waals surface area contributed by atoms with Crippen LogP contribution in [0.15, 0.2) is 65.1 Å². The van der Waals surface area contributed by atoms with E-state index in [-0.39, 0.29) is 11.5 Å². The number of allylic oxidation sites excluding steroid dienone is 1. The molecule has 2 aromatic carbocycles. The van der Waals surface area contributed by atoms with Crippen molar-refractivity contribution in [2.45, 2.75) is 36.7 Å². The zero-order valence-electron chi connectivity index (χ0n) is 16.7. The molecule has 1 atom stereocenters. The van der Waals surface area contributed by atoms with Crippen molar-refractivity contribution in [3.05, 3.63) is 76.1 Å². The number of nitrogens with zero attached hydrogens (tertiary/aromatic N) is 3. The van der Waals surface area contributed by atoms with E-state index in [1.807, 2.05) is 30.0 Å². The molecule has 154 valence electrons. The molecule has 4 rings (SSSR count). The molecule has 5 nitrogen and oxygen atoms in total. The van der Waals surface area contributed by atoms with Gasteiger partial charge in [0.15, 0.2) is 5.16 Å². The fourth-order valence-electron chi connectivity index (χ4n) is 3.74. The molecule has 0 saturated heterocycles. The summed E-state index contributed by atoms with van der Waals surface area (Å²) in [6.07, 6.45) is 3.57. The Morgan fingerprint density at radius 2 is 2.13 bits per heavy atom. The molecule has 0 bridgehead atoms.